The largest absolute Gasteiger partial charge is 0.338 e. The molecule has 3 N–H and O–H groups in total. The number of hydrogen-bond donors (Lipinski definition) is 2. The molecule has 1 amide bonds. The molecule has 2 aromatic rings. The van der Waals surface area contributed by atoms with Gasteiger partial charge in [-0.25, -0.2) is 4.98 Å². The SMILES string of the molecule is C[C@H](N)[C@H]1CCCN(C(=O)c2cc(C3CC3)nc3c2c(=O)[nH]n3C)C1. The van der Waals surface area contributed by atoms with E-state index in [9.17, 15) is 9.59 Å². The van der Waals surface area contributed by atoms with Gasteiger partial charge < -0.3 is 10.6 Å². The molecule has 0 unspecified atom stereocenters. The standard InChI is InChI=1S/C18H25N5O2/c1-10(19)12-4-3-7-23(9-12)18(25)13-8-14(11-5-6-11)20-16-15(13)17(24)21-22(16)2/h8,10-12H,3-7,9,19H2,1-2H3,(H,21,24)/t10-,12-/m0/s1. The van der Waals surface area contributed by atoms with Crippen molar-refractivity contribution in [3.8, 4) is 0 Å². The number of aryl methyl sites for hydroxylation is 1. The summed E-state index contributed by atoms with van der Waals surface area (Å²) in [5, 5.41) is 3.14. The molecule has 0 aromatic carbocycles. The molecule has 2 aromatic heterocycles. The highest BCUT2D eigenvalue weighted by atomic mass is 16.2. The second-order valence-corrected chi connectivity index (χ2v) is 7.58. The van der Waals surface area contributed by atoms with Crippen molar-refractivity contribution >= 4 is 16.9 Å². The second kappa shape index (κ2) is 5.98. The van der Waals surface area contributed by atoms with E-state index in [0.29, 0.717) is 35.0 Å². The maximum atomic E-state index is 13.2. The molecule has 0 spiro atoms. The molecule has 3 heterocycles. The minimum Gasteiger partial charge on any atom is -0.338 e. The number of H-pyrrole nitrogens is 1. The van der Waals surface area contributed by atoms with Crippen molar-refractivity contribution in [2.45, 2.75) is 44.6 Å². The zero-order chi connectivity index (χ0) is 17.7. The van der Waals surface area contributed by atoms with Crippen molar-refractivity contribution in [1.82, 2.24) is 19.7 Å². The molecular formula is C18H25N5O2. The summed E-state index contributed by atoms with van der Waals surface area (Å²) < 4.78 is 1.61. The van der Waals surface area contributed by atoms with Crippen LogP contribution >= 0.6 is 0 Å². The van der Waals surface area contributed by atoms with Crippen molar-refractivity contribution in [3.05, 3.63) is 27.7 Å². The minimum absolute atomic E-state index is 0.0650. The minimum atomic E-state index is -0.253. The smallest absolute Gasteiger partial charge is 0.274 e. The number of nitrogens with two attached hydrogens (primary N) is 1. The predicted octanol–water partition coefficient (Wildman–Crippen LogP) is 1.34. The van der Waals surface area contributed by atoms with Crippen LogP contribution in [0.15, 0.2) is 10.9 Å². The van der Waals surface area contributed by atoms with Gasteiger partial charge in [-0.2, -0.15) is 0 Å². The van der Waals surface area contributed by atoms with Gasteiger partial charge in [0, 0.05) is 37.8 Å². The van der Waals surface area contributed by atoms with Gasteiger partial charge >= 0.3 is 0 Å². The number of aromatic amines is 1. The fourth-order valence-corrected chi connectivity index (χ4v) is 3.83. The first kappa shape index (κ1) is 16.3. The summed E-state index contributed by atoms with van der Waals surface area (Å²) in [4.78, 5) is 32.1. The van der Waals surface area contributed by atoms with Gasteiger partial charge in [-0.3, -0.25) is 19.4 Å². The van der Waals surface area contributed by atoms with E-state index >= 15 is 0 Å². The summed E-state index contributed by atoms with van der Waals surface area (Å²) in [6.45, 7) is 3.37. The predicted molar refractivity (Wildman–Crippen MR) is 95.6 cm³/mol. The first-order valence-electron chi connectivity index (χ1n) is 9.10. The Morgan fingerprint density at radius 3 is 2.84 bits per heavy atom. The molecule has 0 radical (unpaired) electrons. The Kier molecular flexibility index (Phi) is 3.91. The number of rotatable bonds is 3. The van der Waals surface area contributed by atoms with Gasteiger partial charge in [0.05, 0.1) is 10.9 Å². The summed E-state index contributed by atoms with van der Waals surface area (Å²) in [7, 11) is 1.76. The molecule has 1 aliphatic carbocycles. The van der Waals surface area contributed by atoms with Crippen LogP contribution in [0.2, 0.25) is 0 Å². The summed E-state index contributed by atoms with van der Waals surface area (Å²) in [5.41, 5.74) is 7.77. The number of carbonyl (C=O) groups excluding carboxylic acids is 1. The van der Waals surface area contributed by atoms with E-state index < -0.39 is 0 Å². The number of likely N-dealkylation sites (tertiary alicyclic amines) is 1. The lowest BCUT2D eigenvalue weighted by Crippen LogP contribution is -2.45. The lowest BCUT2D eigenvalue weighted by molar-refractivity contribution is 0.0662. The van der Waals surface area contributed by atoms with Crippen LogP contribution in [0, 0.1) is 5.92 Å². The Morgan fingerprint density at radius 1 is 1.40 bits per heavy atom. The normalized spacial score (nSPS) is 22.4. The Labute approximate surface area is 146 Å². The molecule has 2 fully saturated rings. The van der Waals surface area contributed by atoms with Crippen LogP contribution in [0.4, 0.5) is 0 Å². The number of nitrogens with one attached hydrogen (secondary N) is 1. The summed E-state index contributed by atoms with van der Waals surface area (Å²) in [6.07, 6.45) is 4.20. The maximum absolute atomic E-state index is 13.2. The fraction of sp³-hybridized carbons (Fsp3) is 0.611. The molecule has 1 saturated heterocycles. The number of nitrogens with zero attached hydrogens (tertiary/aromatic N) is 3. The quantitative estimate of drug-likeness (QED) is 0.879. The van der Waals surface area contributed by atoms with Crippen LogP contribution in [0.25, 0.3) is 11.0 Å². The van der Waals surface area contributed by atoms with Crippen LogP contribution in [0.1, 0.15) is 54.6 Å². The van der Waals surface area contributed by atoms with Crippen LogP contribution < -0.4 is 11.3 Å². The molecule has 1 saturated carbocycles. The molecule has 1 aliphatic heterocycles. The van der Waals surface area contributed by atoms with Gasteiger partial charge in [-0.15, -0.1) is 0 Å². The zero-order valence-electron chi connectivity index (χ0n) is 14.8. The van der Waals surface area contributed by atoms with Gasteiger partial charge in [0.15, 0.2) is 5.65 Å². The Bertz CT molecular complexity index is 877. The van der Waals surface area contributed by atoms with Gasteiger partial charge in [-0.1, -0.05) is 0 Å². The molecule has 4 rings (SSSR count). The van der Waals surface area contributed by atoms with E-state index in [4.69, 9.17) is 5.73 Å². The van der Waals surface area contributed by atoms with E-state index in [-0.39, 0.29) is 17.5 Å². The Morgan fingerprint density at radius 2 is 2.16 bits per heavy atom. The van der Waals surface area contributed by atoms with Crippen molar-refractivity contribution < 1.29 is 4.79 Å². The molecule has 2 aliphatic rings. The van der Waals surface area contributed by atoms with Gasteiger partial charge in [0.25, 0.3) is 11.5 Å². The van der Waals surface area contributed by atoms with Crippen molar-refractivity contribution in [3.63, 3.8) is 0 Å². The van der Waals surface area contributed by atoms with Gasteiger partial charge in [-0.05, 0) is 44.6 Å². The molecule has 7 heteroatoms. The lowest BCUT2D eigenvalue weighted by atomic mass is 9.91. The van der Waals surface area contributed by atoms with Gasteiger partial charge in [0.1, 0.15) is 0 Å². The van der Waals surface area contributed by atoms with Crippen LogP contribution in [0.3, 0.4) is 0 Å². The summed E-state index contributed by atoms with van der Waals surface area (Å²) >= 11 is 0. The van der Waals surface area contributed by atoms with E-state index in [1.807, 2.05) is 17.9 Å². The third-order valence-electron chi connectivity index (χ3n) is 5.55. The molecule has 0 bridgehead atoms. The molecule has 134 valence electrons. The first-order valence-corrected chi connectivity index (χ1v) is 9.10. The van der Waals surface area contributed by atoms with Gasteiger partial charge in [0.2, 0.25) is 0 Å². The number of hydrogen-bond acceptors (Lipinski definition) is 4. The van der Waals surface area contributed by atoms with Crippen LogP contribution in [-0.4, -0.2) is 44.7 Å². The van der Waals surface area contributed by atoms with Crippen LogP contribution in [-0.2, 0) is 7.05 Å². The monoisotopic (exact) mass is 343 g/mol. The average Bonchev–Trinajstić information content (AvgIpc) is 3.41. The number of carbonyl (C=O) groups is 1. The van der Waals surface area contributed by atoms with Crippen molar-refractivity contribution in [2.24, 2.45) is 18.7 Å². The highest BCUT2D eigenvalue weighted by molar-refractivity contribution is 6.05. The highest BCUT2D eigenvalue weighted by Crippen LogP contribution is 2.40. The van der Waals surface area contributed by atoms with E-state index in [2.05, 4.69) is 10.1 Å². The van der Waals surface area contributed by atoms with E-state index in [1.165, 1.54) is 0 Å². The number of pyridine rings is 1. The topological polar surface area (TPSA) is 97.0 Å². The molecule has 7 nitrogen and oxygen atoms in total. The van der Waals surface area contributed by atoms with Crippen LogP contribution in [0.5, 0.6) is 0 Å². The number of fused-ring (bicyclic) bond motifs is 1. The Hall–Kier alpha value is -2.15. The number of amides is 1. The maximum Gasteiger partial charge on any atom is 0.274 e. The van der Waals surface area contributed by atoms with E-state index in [1.54, 1.807) is 11.7 Å². The summed E-state index contributed by atoms with van der Waals surface area (Å²) in [5.74, 6) is 0.655. The number of piperidine rings is 1. The Balaban J connectivity index is 1.77. The van der Waals surface area contributed by atoms with Crippen molar-refractivity contribution in [1.29, 1.82) is 0 Å². The average molecular weight is 343 g/mol. The highest BCUT2D eigenvalue weighted by Gasteiger charge is 2.31. The third-order valence-corrected chi connectivity index (χ3v) is 5.55. The van der Waals surface area contributed by atoms with Crippen molar-refractivity contribution in [2.75, 3.05) is 13.1 Å². The second-order valence-electron chi connectivity index (χ2n) is 7.58. The first-order chi connectivity index (χ1) is 12.0. The number of aromatic nitrogens is 3. The zero-order valence-corrected chi connectivity index (χ0v) is 14.8. The molecule has 25 heavy (non-hydrogen) atoms. The molecule has 2 atom stereocenters. The van der Waals surface area contributed by atoms with E-state index in [0.717, 1.165) is 37.9 Å². The fourth-order valence-electron chi connectivity index (χ4n) is 3.83. The molecular weight excluding hydrogens is 318 g/mol. The summed E-state index contributed by atoms with van der Waals surface area (Å²) in [6, 6.07) is 1.91. The lowest BCUT2D eigenvalue weighted by Gasteiger charge is -2.34. The third kappa shape index (κ3) is 2.86.